The highest BCUT2D eigenvalue weighted by Gasteiger charge is 2.08. The maximum absolute atomic E-state index is 12.0. The topological polar surface area (TPSA) is 79.0 Å². The second-order valence-corrected chi connectivity index (χ2v) is 6.86. The first-order valence-electron chi connectivity index (χ1n) is 6.34. The van der Waals surface area contributed by atoms with Crippen molar-refractivity contribution in [2.45, 2.75) is 20.3 Å². The molecule has 1 aromatic carbocycles. The van der Waals surface area contributed by atoms with Crippen LogP contribution in [-0.2, 0) is 16.4 Å². The Bertz CT molecular complexity index is 807. The fraction of sp³-hybridized carbons (Fsp3) is 0.357. The van der Waals surface area contributed by atoms with E-state index >= 15 is 0 Å². The average Bonchev–Trinajstić information content (AvgIpc) is 2.34. The number of fused-ring (bicyclic) bond motifs is 1. The Kier molecular flexibility index (Phi) is 3.96. The smallest absolute Gasteiger partial charge is 0.251 e. The molecule has 0 amide bonds. The molecule has 2 aromatic rings. The fourth-order valence-electron chi connectivity index (χ4n) is 2.18. The number of hydrogen-bond donors (Lipinski definition) is 2. The van der Waals surface area contributed by atoms with Crippen molar-refractivity contribution in [2.75, 3.05) is 12.8 Å². The van der Waals surface area contributed by atoms with Crippen LogP contribution in [0.3, 0.4) is 0 Å². The number of H-pyrrole nitrogens is 1. The highest BCUT2D eigenvalue weighted by molar-refractivity contribution is 7.88. The van der Waals surface area contributed by atoms with Crippen molar-refractivity contribution in [2.24, 2.45) is 0 Å². The standard InChI is InChI=1S/C14H18N2O3S/c1-9-4-5-10(2)13-12(9)8-11(14(17)16-13)6-7-15-20(3,18)19/h4-5,8,15H,6-7H2,1-3H3,(H,16,17). The van der Waals surface area contributed by atoms with E-state index in [9.17, 15) is 13.2 Å². The first-order chi connectivity index (χ1) is 9.28. The van der Waals surface area contributed by atoms with Gasteiger partial charge in [-0.1, -0.05) is 12.1 Å². The lowest BCUT2D eigenvalue weighted by Crippen LogP contribution is -2.26. The molecule has 0 fully saturated rings. The minimum Gasteiger partial charge on any atom is -0.321 e. The Hall–Kier alpha value is -1.66. The van der Waals surface area contributed by atoms with Crippen molar-refractivity contribution >= 4 is 20.9 Å². The van der Waals surface area contributed by atoms with Crippen LogP contribution in [0.2, 0.25) is 0 Å². The molecule has 0 spiro atoms. The van der Waals surface area contributed by atoms with Gasteiger partial charge in [-0.15, -0.1) is 0 Å². The third-order valence-corrected chi connectivity index (χ3v) is 4.01. The Labute approximate surface area is 118 Å². The van der Waals surface area contributed by atoms with E-state index in [0.717, 1.165) is 28.3 Å². The number of aromatic nitrogens is 1. The van der Waals surface area contributed by atoms with E-state index in [2.05, 4.69) is 9.71 Å². The maximum atomic E-state index is 12.0. The molecule has 0 saturated heterocycles. The van der Waals surface area contributed by atoms with Crippen LogP contribution in [0.4, 0.5) is 0 Å². The molecule has 1 aromatic heterocycles. The van der Waals surface area contributed by atoms with E-state index < -0.39 is 10.0 Å². The summed E-state index contributed by atoms with van der Waals surface area (Å²) in [4.78, 5) is 14.9. The average molecular weight is 294 g/mol. The molecule has 20 heavy (non-hydrogen) atoms. The van der Waals surface area contributed by atoms with Crippen LogP contribution >= 0.6 is 0 Å². The fourth-order valence-corrected chi connectivity index (χ4v) is 2.65. The second-order valence-electron chi connectivity index (χ2n) is 5.03. The molecule has 5 nitrogen and oxygen atoms in total. The number of nitrogens with one attached hydrogen (secondary N) is 2. The Morgan fingerprint density at radius 2 is 1.85 bits per heavy atom. The molecule has 0 aliphatic rings. The monoisotopic (exact) mass is 294 g/mol. The molecule has 0 aliphatic carbocycles. The molecule has 0 saturated carbocycles. The van der Waals surface area contributed by atoms with Gasteiger partial charge < -0.3 is 4.98 Å². The number of sulfonamides is 1. The summed E-state index contributed by atoms with van der Waals surface area (Å²) in [6, 6.07) is 5.83. The zero-order valence-corrected chi connectivity index (χ0v) is 12.6. The zero-order valence-electron chi connectivity index (χ0n) is 11.8. The van der Waals surface area contributed by atoms with Gasteiger partial charge in [0.2, 0.25) is 10.0 Å². The summed E-state index contributed by atoms with van der Waals surface area (Å²) in [6.45, 7) is 4.15. The lowest BCUT2D eigenvalue weighted by molar-refractivity contribution is 0.587. The Morgan fingerprint density at radius 1 is 1.20 bits per heavy atom. The van der Waals surface area contributed by atoms with Gasteiger partial charge >= 0.3 is 0 Å². The summed E-state index contributed by atoms with van der Waals surface area (Å²) < 4.78 is 24.4. The highest BCUT2D eigenvalue weighted by Crippen LogP contribution is 2.19. The first-order valence-corrected chi connectivity index (χ1v) is 8.24. The van der Waals surface area contributed by atoms with E-state index in [4.69, 9.17) is 0 Å². The van der Waals surface area contributed by atoms with Gasteiger partial charge in [-0.3, -0.25) is 4.79 Å². The van der Waals surface area contributed by atoms with Gasteiger partial charge in [-0.25, -0.2) is 13.1 Å². The summed E-state index contributed by atoms with van der Waals surface area (Å²) in [6.07, 6.45) is 1.47. The van der Waals surface area contributed by atoms with Gasteiger partial charge in [0.05, 0.1) is 11.8 Å². The van der Waals surface area contributed by atoms with Crippen molar-refractivity contribution in [3.63, 3.8) is 0 Å². The molecule has 1 heterocycles. The molecule has 6 heteroatoms. The molecule has 0 unspecified atom stereocenters. The number of aromatic amines is 1. The van der Waals surface area contributed by atoms with Crippen LogP contribution in [0.5, 0.6) is 0 Å². The lowest BCUT2D eigenvalue weighted by atomic mass is 10.0. The van der Waals surface area contributed by atoms with Gasteiger partial charge in [-0.05, 0) is 37.5 Å². The Balaban J connectivity index is 2.38. The van der Waals surface area contributed by atoms with Crippen LogP contribution in [0.15, 0.2) is 23.0 Å². The van der Waals surface area contributed by atoms with E-state index in [1.54, 1.807) is 0 Å². The SMILES string of the molecule is Cc1ccc(C)c2[nH]c(=O)c(CCNS(C)(=O)=O)cc12. The molecule has 108 valence electrons. The molecule has 0 bridgehead atoms. The van der Waals surface area contributed by atoms with Crippen molar-refractivity contribution in [3.8, 4) is 0 Å². The lowest BCUT2D eigenvalue weighted by Gasteiger charge is -2.08. The van der Waals surface area contributed by atoms with Crippen LogP contribution in [-0.4, -0.2) is 26.2 Å². The van der Waals surface area contributed by atoms with Gasteiger partial charge in [0.25, 0.3) is 5.56 Å². The van der Waals surface area contributed by atoms with Crippen LogP contribution in [0.1, 0.15) is 16.7 Å². The predicted octanol–water partition coefficient (Wildman–Crippen LogP) is 1.24. The number of aryl methyl sites for hydroxylation is 2. The summed E-state index contributed by atoms with van der Waals surface area (Å²) in [5, 5.41) is 0.999. The number of benzene rings is 1. The van der Waals surface area contributed by atoms with Crippen molar-refractivity contribution in [3.05, 3.63) is 45.2 Å². The van der Waals surface area contributed by atoms with Gasteiger partial charge in [0, 0.05) is 17.5 Å². The molecule has 2 N–H and O–H groups in total. The number of hydrogen-bond acceptors (Lipinski definition) is 3. The summed E-state index contributed by atoms with van der Waals surface area (Å²) in [5.74, 6) is 0. The number of pyridine rings is 1. The molecule has 0 aliphatic heterocycles. The van der Waals surface area contributed by atoms with Gasteiger partial charge in [0.15, 0.2) is 0 Å². The summed E-state index contributed by atoms with van der Waals surface area (Å²) in [5.41, 5.74) is 3.36. The minimum absolute atomic E-state index is 0.165. The van der Waals surface area contributed by atoms with Crippen LogP contribution in [0.25, 0.3) is 10.9 Å². The first kappa shape index (κ1) is 14.7. The van der Waals surface area contributed by atoms with Crippen molar-refractivity contribution < 1.29 is 8.42 Å². The van der Waals surface area contributed by atoms with E-state index in [0.29, 0.717) is 12.0 Å². The van der Waals surface area contributed by atoms with E-state index in [1.807, 2.05) is 32.0 Å². The predicted molar refractivity (Wildman–Crippen MR) is 80.6 cm³/mol. The Morgan fingerprint density at radius 3 is 2.50 bits per heavy atom. The molecule has 0 radical (unpaired) electrons. The zero-order chi connectivity index (χ0) is 14.9. The van der Waals surface area contributed by atoms with Gasteiger partial charge in [0.1, 0.15) is 0 Å². The normalized spacial score (nSPS) is 11.9. The minimum atomic E-state index is -3.23. The van der Waals surface area contributed by atoms with Crippen molar-refractivity contribution in [1.29, 1.82) is 0 Å². The quantitative estimate of drug-likeness (QED) is 0.890. The third kappa shape index (κ3) is 3.26. The van der Waals surface area contributed by atoms with E-state index in [1.165, 1.54) is 0 Å². The van der Waals surface area contributed by atoms with Gasteiger partial charge in [-0.2, -0.15) is 0 Å². The number of rotatable bonds is 4. The van der Waals surface area contributed by atoms with Crippen molar-refractivity contribution in [1.82, 2.24) is 9.71 Å². The maximum Gasteiger partial charge on any atom is 0.251 e. The van der Waals surface area contributed by atoms with Crippen LogP contribution in [0, 0.1) is 13.8 Å². The summed E-state index contributed by atoms with van der Waals surface area (Å²) in [7, 11) is -3.23. The molecular weight excluding hydrogens is 276 g/mol. The largest absolute Gasteiger partial charge is 0.321 e. The molecular formula is C14H18N2O3S. The molecule has 0 atom stereocenters. The summed E-state index contributed by atoms with van der Waals surface area (Å²) >= 11 is 0. The second kappa shape index (κ2) is 5.38. The van der Waals surface area contributed by atoms with Crippen LogP contribution < -0.4 is 10.3 Å². The van der Waals surface area contributed by atoms with E-state index in [-0.39, 0.29) is 12.1 Å². The highest BCUT2D eigenvalue weighted by atomic mass is 32.2. The third-order valence-electron chi connectivity index (χ3n) is 3.28. The molecule has 2 rings (SSSR count).